The van der Waals surface area contributed by atoms with Crippen molar-refractivity contribution < 1.29 is 4.42 Å². The Bertz CT molecular complexity index is 3210. The molecule has 10 aromatic carbocycles. The van der Waals surface area contributed by atoms with Crippen LogP contribution < -0.4 is 4.90 Å². The third kappa shape index (κ3) is 4.96. The second-order valence-corrected chi connectivity index (χ2v) is 14.1. The summed E-state index contributed by atoms with van der Waals surface area (Å²) in [6.07, 6.45) is 0. The van der Waals surface area contributed by atoms with Gasteiger partial charge in [-0.05, 0) is 126 Å². The van der Waals surface area contributed by atoms with E-state index in [2.05, 4.69) is 205 Å². The van der Waals surface area contributed by atoms with Gasteiger partial charge in [0.1, 0.15) is 11.2 Å². The highest BCUT2D eigenvalue weighted by atomic mass is 16.3. The second-order valence-electron chi connectivity index (χ2n) is 14.1. The van der Waals surface area contributed by atoms with Gasteiger partial charge in [0.25, 0.3) is 0 Å². The maximum absolute atomic E-state index is 6.42. The third-order valence-electron chi connectivity index (χ3n) is 11.0. The summed E-state index contributed by atoms with van der Waals surface area (Å²) in [6, 6.07) is 72.4. The van der Waals surface area contributed by atoms with Crippen molar-refractivity contribution >= 4 is 82.1 Å². The number of benzene rings is 10. The monoisotopic (exact) mass is 687 g/mol. The fraction of sp³-hybridized carbons (Fsp3) is 0. The van der Waals surface area contributed by atoms with E-state index in [-0.39, 0.29) is 0 Å². The second kappa shape index (κ2) is 12.2. The third-order valence-corrected chi connectivity index (χ3v) is 11.0. The minimum atomic E-state index is 0.884. The predicted molar refractivity (Wildman–Crippen MR) is 229 cm³/mol. The van der Waals surface area contributed by atoms with Crippen LogP contribution in [0.15, 0.2) is 205 Å². The first-order chi connectivity index (χ1) is 26.7. The molecule has 0 spiro atoms. The van der Waals surface area contributed by atoms with E-state index < -0.39 is 0 Å². The van der Waals surface area contributed by atoms with Crippen LogP contribution in [0.5, 0.6) is 0 Å². The fourth-order valence-corrected chi connectivity index (χ4v) is 8.39. The summed E-state index contributed by atoms with van der Waals surface area (Å²) >= 11 is 0. The summed E-state index contributed by atoms with van der Waals surface area (Å²) in [4.78, 5) is 2.37. The van der Waals surface area contributed by atoms with E-state index in [0.717, 1.165) is 39.0 Å². The molecular weight excluding hydrogens is 655 g/mol. The summed E-state index contributed by atoms with van der Waals surface area (Å²) in [5, 5.41) is 12.1. The molecule has 0 saturated heterocycles. The molecule has 0 aliphatic rings. The molecule has 1 heterocycles. The highest BCUT2D eigenvalue weighted by Gasteiger charge is 2.18. The number of fused-ring (bicyclic) bond motifs is 8. The van der Waals surface area contributed by atoms with Crippen molar-refractivity contribution in [1.29, 1.82) is 0 Å². The number of rotatable bonds is 5. The van der Waals surface area contributed by atoms with Crippen LogP contribution in [0.3, 0.4) is 0 Å². The Morgan fingerprint density at radius 2 is 0.870 bits per heavy atom. The first-order valence-electron chi connectivity index (χ1n) is 18.5. The lowest BCUT2D eigenvalue weighted by Crippen LogP contribution is -2.09. The molecule has 11 aromatic rings. The van der Waals surface area contributed by atoms with Crippen LogP contribution in [0.1, 0.15) is 0 Å². The summed E-state index contributed by atoms with van der Waals surface area (Å²) in [5.74, 6) is 0. The van der Waals surface area contributed by atoms with E-state index in [9.17, 15) is 0 Å². The summed E-state index contributed by atoms with van der Waals surface area (Å²) in [6.45, 7) is 0. The maximum Gasteiger partial charge on any atom is 0.136 e. The van der Waals surface area contributed by atoms with Gasteiger partial charge in [-0.15, -0.1) is 0 Å². The molecule has 0 amide bonds. The van der Waals surface area contributed by atoms with Crippen LogP contribution in [0.2, 0.25) is 0 Å². The first kappa shape index (κ1) is 30.5. The van der Waals surface area contributed by atoms with E-state index in [1.54, 1.807) is 0 Å². The number of anilines is 3. The van der Waals surface area contributed by atoms with Gasteiger partial charge in [0.2, 0.25) is 0 Å². The van der Waals surface area contributed by atoms with Crippen LogP contribution in [0.4, 0.5) is 17.1 Å². The van der Waals surface area contributed by atoms with Crippen LogP contribution in [-0.2, 0) is 0 Å². The molecule has 0 N–H and O–H groups in total. The zero-order valence-corrected chi connectivity index (χ0v) is 29.4. The average Bonchev–Trinajstić information content (AvgIpc) is 3.59. The van der Waals surface area contributed by atoms with Gasteiger partial charge < -0.3 is 9.32 Å². The average molecular weight is 688 g/mol. The molecule has 0 aliphatic carbocycles. The quantitative estimate of drug-likeness (QED) is 0.168. The van der Waals surface area contributed by atoms with E-state index in [0.29, 0.717) is 0 Å². The SMILES string of the molecule is c1ccc(-c2ccc(N(c3ccc4c(-c5cc6ccccc6c6ccccc56)cccc4c3)c3ccc4oc5cc6ccccc6cc5c4c3)cc2)cc1. The lowest BCUT2D eigenvalue weighted by Gasteiger charge is -2.26. The Hall–Kier alpha value is -7.16. The van der Waals surface area contributed by atoms with Gasteiger partial charge in [-0.3, -0.25) is 0 Å². The van der Waals surface area contributed by atoms with Crippen LogP contribution in [0, 0.1) is 0 Å². The minimum absolute atomic E-state index is 0.884. The number of nitrogens with zero attached hydrogens (tertiary/aromatic N) is 1. The number of hydrogen-bond donors (Lipinski definition) is 0. The van der Waals surface area contributed by atoms with Crippen molar-refractivity contribution in [2.45, 2.75) is 0 Å². The fourth-order valence-electron chi connectivity index (χ4n) is 8.39. The molecule has 11 rings (SSSR count). The molecule has 2 heteroatoms. The van der Waals surface area contributed by atoms with Gasteiger partial charge in [-0.1, -0.05) is 140 Å². The van der Waals surface area contributed by atoms with Crippen LogP contribution in [0.25, 0.3) is 87.3 Å². The van der Waals surface area contributed by atoms with Crippen molar-refractivity contribution in [2.75, 3.05) is 4.90 Å². The Morgan fingerprint density at radius 3 is 1.70 bits per heavy atom. The molecule has 0 saturated carbocycles. The molecule has 2 nitrogen and oxygen atoms in total. The van der Waals surface area contributed by atoms with Gasteiger partial charge in [-0.25, -0.2) is 0 Å². The molecular formula is C52H33NO. The minimum Gasteiger partial charge on any atom is -0.456 e. The van der Waals surface area contributed by atoms with Crippen molar-refractivity contribution in [3.05, 3.63) is 200 Å². The standard InChI is InChI=1S/C52H33NO/c1-2-11-34(12-3-1)35-21-23-40(24-22-35)53(42-26-28-51-50(33-42)49-30-36-13-4-5-14-37(36)32-52(49)54-51)41-25-27-44-38(29-41)16-10-20-46(44)48-31-39-15-6-7-17-43(39)45-18-8-9-19-47(45)48/h1-33H. The van der Waals surface area contributed by atoms with E-state index in [4.69, 9.17) is 4.42 Å². The Morgan fingerprint density at radius 1 is 0.278 bits per heavy atom. The lowest BCUT2D eigenvalue weighted by molar-refractivity contribution is 0.669. The molecule has 54 heavy (non-hydrogen) atoms. The van der Waals surface area contributed by atoms with Gasteiger partial charge in [0.15, 0.2) is 0 Å². The number of hydrogen-bond acceptors (Lipinski definition) is 2. The van der Waals surface area contributed by atoms with E-state index in [1.807, 2.05) is 0 Å². The zero-order chi connectivity index (χ0) is 35.6. The number of furan rings is 1. The first-order valence-corrected chi connectivity index (χ1v) is 18.5. The molecule has 0 bridgehead atoms. The largest absolute Gasteiger partial charge is 0.456 e. The normalized spacial score (nSPS) is 11.7. The molecule has 0 radical (unpaired) electrons. The highest BCUT2D eigenvalue weighted by Crippen LogP contribution is 2.43. The molecule has 0 aliphatic heterocycles. The van der Waals surface area contributed by atoms with Crippen LogP contribution in [-0.4, -0.2) is 0 Å². The van der Waals surface area contributed by atoms with Crippen LogP contribution >= 0.6 is 0 Å². The summed E-state index contributed by atoms with van der Waals surface area (Å²) < 4.78 is 6.42. The van der Waals surface area contributed by atoms with Crippen molar-refractivity contribution in [3.8, 4) is 22.3 Å². The van der Waals surface area contributed by atoms with Crippen molar-refractivity contribution in [2.24, 2.45) is 0 Å². The van der Waals surface area contributed by atoms with Crippen molar-refractivity contribution in [1.82, 2.24) is 0 Å². The lowest BCUT2D eigenvalue weighted by atomic mass is 9.90. The smallest absolute Gasteiger partial charge is 0.136 e. The van der Waals surface area contributed by atoms with Gasteiger partial charge >= 0.3 is 0 Å². The highest BCUT2D eigenvalue weighted by molar-refractivity contribution is 6.16. The molecule has 1 aromatic heterocycles. The molecule has 0 unspecified atom stereocenters. The zero-order valence-electron chi connectivity index (χ0n) is 29.4. The van der Waals surface area contributed by atoms with E-state index in [1.165, 1.54) is 65.3 Å². The summed E-state index contributed by atoms with van der Waals surface area (Å²) in [7, 11) is 0. The van der Waals surface area contributed by atoms with E-state index >= 15 is 0 Å². The van der Waals surface area contributed by atoms with Gasteiger partial charge in [0.05, 0.1) is 0 Å². The Labute approximate surface area is 312 Å². The Balaban J connectivity index is 1.09. The molecule has 252 valence electrons. The van der Waals surface area contributed by atoms with Gasteiger partial charge in [0, 0.05) is 27.8 Å². The van der Waals surface area contributed by atoms with Gasteiger partial charge in [-0.2, -0.15) is 0 Å². The topological polar surface area (TPSA) is 16.4 Å². The predicted octanol–water partition coefficient (Wildman–Crippen LogP) is 15.0. The molecule has 0 atom stereocenters. The Kier molecular flexibility index (Phi) is 6.90. The van der Waals surface area contributed by atoms with Crippen molar-refractivity contribution in [3.63, 3.8) is 0 Å². The summed E-state index contributed by atoms with van der Waals surface area (Å²) in [5.41, 5.74) is 9.91. The maximum atomic E-state index is 6.42. The molecule has 0 fully saturated rings.